The van der Waals surface area contributed by atoms with Crippen LogP contribution in [0, 0.1) is 27.7 Å². The second kappa shape index (κ2) is 9.48. The van der Waals surface area contributed by atoms with Crippen molar-refractivity contribution in [2.45, 2.75) is 32.6 Å². The second-order valence-electron chi connectivity index (χ2n) is 8.04. The van der Waals surface area contributed by atoms with Gasteiger partial charge in [-0.15, -0.1) is 0 Å². The Labute approximate surface area is 199 Å². The molecule has 0 fully saturated rings. The van der Waals surface area contributed by atoms with E-state index in [1.807, 2.05) is 38.1 Å². The molecule has 2 aromatic carbocycles. The molecule has 0 spiro atoms. The molecule has 0 bridgehead atoms. The fraction of sp³-hybridized carbons (Fsp3) is 0.160. The van der Waals surface area contributed by atoms with E-state index in [-0.39, 0.29) is 4.90 Å². The second-order valence-corrected chi connectivity index (χ2v) is 9.69. The monoisotopic (exact) mass is 474 g/mol. The van der Waals surface area contributed by atoms with Gasteiger partial charge in [0.1, 0.15) is 23.3 Å². The van der Waals surface area contributed by atoms with E-state index in [9.17, 15) is 8.42 Å². The Balaban J connectivity index is 1.49. The first-order valence-electron chi connectivity index (χ1n) is 10.7. The van der Waals surface area contributed by atoms with Crippen molar-refractivity contribution in [2.75, 3.05) is 15.4 Å². The molecule has 0 radical (unpaired) electrons. The molecular weight excluding hydrogens is 448 g/mol. The standard InChI is InChI=1S/C25H26N6O2S/c1-16-13-18(3)22(14-17(16)2)34(32,33)31-21-10-8-20(9-11-21)29-24-15-25(28-19(4)27-24)30-23-7-5-6-12-26-23/h5-15,31H,1-4H3,(H2,26,27,28,29,30). The van der Waals surface area contributed by atoms with Gasteiger partial charge >= 0.3 is 0 Å². The number of hydrogen-bond acceptors (Lipinski definition) is 7. The maximum Gasteiger partial charge on any atom is 0.262 e. The highest BCUT2D eigenvalue weighted by Crippen LogP contribution is 2.25. The summed E-state index contributed by atoms with van der Waals surface area (Å²) in [5.74, 6) is 2.49. The zero-order chi connectivity index (χ0) is 24.3. The molecule has 0 aliphatic rings. The van der Waals surface area contributed by atoms with Crippen molar-refractivity contribution in [2.24, 2.45) is 0 Å². The average Bonchev–Trinajstić information content (AvgIpc) is 2.77. The summed E-state index contributed by atoms with van der Waals surface area (Å²) in [4.78, 5) is 13.3. The van der Waals surface area contributed by atoms with E-state index in [0.717, 1.165) is 16.8 Å². The Morgan fingerprint density at radius 1 is 0.676 bits per heavy atom. The minimum atomic E-state index is -3.70. The first-order valence-corrected chi connectivity index (χ1v) is 12.2. The van der Waals surface area contributed by atoms with Crippen molar-refractivity contribution in [1.82, 2.24) is 15.0 Å². The van der Waals surface area contributed by atoms with Gasteiger partial charge in [-0.25, -0.2) is 23.4 Å². The first-order chi connectivity index (χ1) is 16.2. The zero-order valence-electron chi connectivity index (χ0n) is 19.4. The van der Waals surface area contributed by atoms with Gasteiger partial charge in [-0.1, -0.05) is 12.1 Å². The number of aryl methyl sites for hydroxylation is 4. The molecule has 0 atom stereocenters. The lowest BCUT2D eigenvalue weighted by atomic mass is 10.1. The molecule has 2 heterocycles. The van der Waals surface area contributed by atoms with Crippen molar-refractivity contribution in [3.8, 4) is 0 Å². The third-order valence-electron chi connectivity index (χ3n) is 5.25. The van der Waals surface area contributed by atoms with Gasteiger partial charge in [0.2, 0.25) is 0 Å². The summed E-state index contributed by atoms with van der Waals surface area (Å²) in [6.07, 6.45) is 1.70. The Kier molecular flexibility index (Phi) is 6.47. The van der Waals surface area contributed by atoms with Gasteiger partial charge in [-0.2, -0.15) is 0 Å². The van der Waals surface area contributed by atoms with Crippen LogP contribution in [0.3, 0.4) is 0 Å². The Bertz CT molecular complexity index is 1420. The minimum Gasteiger partial charge on any atom is -0.340 e. The summed E-state index contributed by atoms with van der Waals surface area (Å²) < 4.78 is 28.5. The highest BCUT2D eigenvalue weighted by molar-refractivity contribution is 7.92. The van der Waals surface area contributed by atoms with E-state index in [1.165, 1.54) is 0 Å². The van der Waals surface area contributed by atoms with E-state index < -0.39 is 10.0 Å². The first kappa shape index (κ1) is 23.2. The molecule has 0 saturated heterocycles. The van der Waals surface area contributed by atoms with Crippen LogP contribution in [0.25, 0.3) is 0 Å². The van der Waals surface area contributed by atoms with Crippen LogP contribution >= 0.6 is 0 Å². The van der Waals surface area contributed by atoms with Crippen LogP contribution in [-0.4, -0.2) is 23.4 Å². The lowest BCUT2D eigenvalue weighted by Crippen LogP contribution is -2.14. The molecule has 4 rings (SSSR count). The topological polar surface area (TPSA) is 109 Å². The number of nitrogens with zero attached hydrogens (tertiary/aromatic N) is 3. The molecule has 2 aromatic heterocycles. The maximum atomic E-state index is 12.9. The van der Waals surface area contributed by atoms with Crippen LogP contribution in [0.1, 0.15) is 22.5 Å². The van der Waals surface area contributed by atoms with Crippen LogP contribution in [0.2, 0.25) is 0 Å². The Morgan fingerprint density at radius 3 is 2.00 bits per heavy atom. The number of benzene rings is 2. The van der Waals surface area contributed by atoms with Crippen LogP contribution < -0.4 is 15.4 Å². The van der Waals surface area contributed by atoms with E-state index >= 15 is 0 Å². The molecule has 34 heavy (non-hydrogen) atoms. The molecule has 0 amide bonds. The lowest BCUT2D eigenvalue weighted by Gasteiger charge is -2.13. The van der Waals surface area contributed by atoms with Crippen molar-refractivity contribution in [3.05, 3.63) is 89.4 Å². The molecule has 3 N–H and O–H groups in total. The Morgan fingerprint density at radius 2 is 1.32 bits per heavy atom. The fourth-order valence-electron chi connectivity index (χ4n) is 3.47. The SMILES string of the molecule is Cc1nc(Nc2ccc(NS(=O)(=O)c3cc(C)c(C)cc3C)cc2)cc(Nc2ccccn2)n1. The summed E-state index contributed by atoms with van der Waals surface area (Å²) in [5, 5.41) is 6.38. The molecule has 4 aromatic rings. The van der Waals surface area contributed by atoms with Crippen molar-refractivity contribution in [3.63, 3.8) is 0 Å². The van der Waals surface area contributed by atoms with E-state index in [4.69, 9.17) is 0 Å². The molecule has 0 unspecified atom stereocenters. The van der Waals surface area contributed by atoms with Gasteiger partial charge in [0, 0.05) is 23.6 Å². The summed E-state index contributed by atoms with van der Waals surface area (Å²) in [6, 6.07) is 17.9. The molecule has 174 valence electrons. The summed E-state index contributed by atoms with van der Waals surface area (Å²) >= 11 is 0. The summed E-state index contributed by atoms with van der Waals surface area (Å²) in [7, 11) is -3.70. The third-order valence-corrected chi connectivity index (χ3v) is 6.77. The number of nitrogens with one attached hydrogen (secondary N) is 3. The largest absolute Gasteiger partial charge is 0.340 e. The maximum absolute atomic E-state index is 12.9. The fourth-order valence-corrected chi connectivity index (χ4v) is 4.84. The molecule has 9 heteroatoms. The van der Waals surface area contributed by atoms with Crippen LogP contribution in [0.5, 0.6) is 0 Å². The zero-order valence-corrected chi connectivity index (χ0v) is 20.2. The van der Waals surface area contributed by atoms with Crippen molar-refractivity contribution < 1.29 is 8.42 Å². The molecule has 0 saturated carbocycles. The van der Waals surface area contributed by atoms with Crippen molar-refractivity contribution >= 4 is 38.9 Å². The molecular formula is C25H26N6O2S. The van der Waals surface area contributed by atoms with E-state index in [1.54, 1.807) is 56.4 Å². The normalized spacial score (nSPS) is 11.2. The van der Waals surface area contributed by atoms with Gasteiger partial charge < -0.3 is 10.6 Å². The smallest absolute Gasteiger partial charge is 0.262 e. The third kappa shape index (κ3) is 5.49. The lowest BCUT2D eigenvalue weighted by molar-refractivity contribution is 0.600. The number of sulfonamides is 1. The van der Waals surface area contributed by atoms with Crippen LogP contribution in [-0.2, 0) is 10.0 Å². The van der Waals surface area contributed by atoms with Gasteiger partial charge in [0.25, 0.3) is 10.0 Å². The van der Waals surface area contributed by atoms with Crippen LogP contribution in [0.15, 0.2) is 71.8 Å². The minimum absolute atomic E-state index is 0.280. The number of pyridine rings is 1. The number of rotatable bonds is 7. The van der Waals surface area contributed by atoms with Gasteiger partial charge in [0.05, 0.1) is 4.90 Å². The predicted molar refractivity (Wildman–Crippen MR) is 135 cm³/mol. The average molecular weight is 475 g/mol. The summed E-state index contributed by atoms with van der Waals surface area (Å²) in [6.45, 7) is 7.48. The summed E-state index contributed by atoms with van der Waals surface area (Å²) in [5.41, 5.74) is 3.93. The number of aromatic nitrogens is 3. The van der Waals surface area contributed by atoms with Crippen LogP contribution in [0.4, 0.5) is 28.8 Å². The van der Waals surface area contributed by atoms with Gasteiger partial charge in [-0.3, -0.25) is 4.72 Å². The number of anilines is 5. The molecule has 0 aliphatic carbocycles. The van der Waals surface area contributed by atoms with E-state index in [2.05, 4.69) is 30.3 Å². The quantitative estimate of drug-likeness (QED) is 0.329. The van der Waals surface area contributed by atoms with Gasteiger partial charge in [0.15, 0.2) is 0 Å². The van der Waals surface area contributed by atoms with Crippen molar-refractivity contribution in [1.29, 1.82) is 0 Å². The predicted octanol–water partition coefficient (Wildman–Crippen LogP) is 5.39. The highest BCUT2D eigenvalue weighted by atomic mass is 32.2. The number of hydrogen-bond donors (Lipinski definition) is 3. The van der Waals surface area contributed by atoms with Gasteiger partial charge in [-0.05, 0) is 86.8 Å². The Hall–Kier alpha value is -3.98. The van der Waals surface area contributed by atoms with E-state index in [0.29, 0.717) is 34.5 Å². The molecule has 0 aliphatic heterocycles. The highest BCUT2D eigenvalue weighted by Gasteiger charge is 2.18. The molecule has 8 nitrogen and oxygen atoms in total.